The normalized spacial score (nSPS) is 11.2. The maximum Gasteiger partial charge on any atom is 0.0955 e. The van der Waals surface area contributed by atoms with Crippen LogP contribution in [0.5, 0.6) is 0 Å². The lowest BCUT2D eigenvalue weighted by Gasteiger charge is -2.01. The highest BCUT2D eigenvalue weighted by Gasteiger charge is 2.09. The Labute approximate surface area is 110 Å². The van der Waals surface area contributed by atoms with E-state index in [-0.39, 0.29) is 0 Å². The minimum atomic E-state index is 0.891. The number of rotatable bonds is 2. The number of nitrogen functional groups attached to an aromatic ring is 1. The van der Waals surface area contributed by atoms with Crippen LogP contribution in [0.4, 0.5) is 5.00 Å². The summed E-state index contributed by atoms with van der Waals surface area (Å²) in [6.45, 7) is 2.15. The molecule has 0 spiro atoms. The second kappa shape index (κ2) is 4.14. The molecule has 0 radical (unpaired) electrons. The Morgan fingerprint density at radius 2 is 2.17 bits per heavy atom. The zero-order valence-electron chi connectivity index (χ0n) is 10.5. The molecule has 4 heteroatoms. The quantitative estimate of drug-likeness (QED) is 0.764. The molecule has 2 N–H and O–H groups in total. The third-order valence-corrected chi connectivity index (χ3v) is 4.31. The maximum atomic E-state index is 6.09. The first-order valence-electron chi connectivity index (χ1n) is 5.98. The first-order valence-corrected chi connectivity index (χ1v) is 6.80. The topological polar surface area (TPSA) is 43.8 Å². The second-order valence-corrected chi connectivity index (χ2v) is 5.57. The number of aryl methyl sites for hydroxylation is 2. The van der Waals surface area contributed by atoms with Crippen LogP contribution in [0, 0.1) is 0 Å². The number of aromatic nitrogens is 2. The minimum absolute atomic E-state index is 0.891. The highest BCUT2D eigenvalue weighted by molar-refractivity contribution is 7.16. The summed E-state index contributed by atoms with van der Waals surface area (Å²) in [4.78, 5) is 5.71. The third-order valence-electron chi connectivity index (χ3n) is 3.20. The van der Waals surface area contributed by atoms with Gasteiger partial charge in [-0.15, -0.1) is 11.3 Å². The van der Waals surface area contributed by atoms with Gasteiger partial charge in [0.15, 0.2) is 0 Å². The van der Waals surface area contributed by atoms with E-state index < -0.39 is 0 Å². The molecular weight excluding hydrogens is 242 g/mol. The van der Waals surface area contributed by atoms with Crippen LogP contribution in [0.3, 0.4) is 0 Å². The molecule has 0 aliphatic heterocycles. The first-order chi connectivity index (χ1) is 8.69. The fraction of sp³-hybridized carbons (Fsp3) is 0.214. The molecule has 0 atom stereocenters. The molecule has 0 unspecified atom stereocenters. The van der Waals surface area contributed by atoms with E-state index in [1.807, 2.05) is 17.9 Å². The van der Waals surface area contributed by atoms with Gasteiger partial charge in [-0.3, -0.25) is 0 Å². The molecule has 3 nitrogen and oxygen atoms in total. The van der Waals surface area contributed by atoms with E-state index in [2.05, 4.69) is 36.2 Å². The summed E-state index contributed by atoms with van der Waals surface area (Å²) in [5, 5.41) is 0.891. The monoisotopic (exact) mass is 257 g/mol. The predicted molar refractivity (Wildman–Crippen MR) is 77.8 cm³/mol. The number of thiophene rings is 1. The van der Waals surface area contributed by atoms with Gasteiger partial charge in [-0.1, -0.05) is 13.0 Å². The molecule has 18 heavy (non-hydrogen) atoms. The lowest BCUT2D eigenvalue weighted by molar-refractivity contribution is 0.948. The molecule has 0 aliphatic rings. The van der Waals surface area contributed by atoms with E-state index in [4.69, 9.17) is 5.73 Å². The van der Waals surface area contributed by atoms with Crippen molar-refractivity contribution in [3.63, 3.8) is 0 Å². The highest BCUT2D eigenvalue weighted by Crippen LogP contribution is 2.35. The van der Waals surface area contributed by atoms with Crippen LogP contribution in [0.25, 0.3) is 22.2 Å². The number of anilines is 1. The lowest BCUT2D eigenvalue weighted by Crippen LogP contribution is -1.85. The van der Waals surface area contributed by atoms with Crippen molar-refractivity contribution in [3.8, 4) is 11.1 Å². The van der Waals surface area contributed by atoms with Crippen LogP contribution in [0.15, 0.2) is 30.6 Å². The number of hydrogen-bond donors (Lipinski definition) is 1. The maximum absolute atomic E-state index is 6.09. The van der Waals surface area contributed by atoms with E-state index in [9.17, 15) is 0 Å². The molecule has 2 heterocycles. The number of hydrogen-bond acceptors (Lipinski definition) is 3. The smallest absolute Gasteiger partial charge is 0.0955 e. The molecule has 3 aromatic rings. The van der Waals surface area contributed by atoms with Gasteiger partial charge in [-0.25, -0.2) is 4.98 Å². The number of nitrogens with two attached hydrogens (primary N) is 1. The van der Waals surface area contributed by atoms with Crippen LogP contribution >= 0.6 is 11.3 Å². The molecule has 1 aromatic carbocycles. The summed E-state index contributed by atoms with van der Waals surface area (Å²) in [5.74, 6) is 0. The fourth-order valence-electron chi connectivity index (χ4n) is 2.16. The van der Waals surface area contributed by atoms with E-state index in [0.717, 1.165) is 33.6 Å². The van der Waals surface area contributed by atoms with Crippen LogP contribution in [-0.4, -0.2) is 9.55 Å². The summed E-state index contributed by atoms with van der Waals surface area (Å²) in [6, 6.07) is 8.50. The summed E-state index contributed by atoms with van der Waals surface area (Å²) in [6.07, 6.45) is 2.86. The van der Waals surface area contributed by atoms with Gasteiger partial charge in [0.2, 0.25) is 0 Å². The summed E-state index contributed by atoms with van der Waals surface area (Å²) >= 11 is 1.67. The van der Waals surface area contributed by atoms with Gasteiger partial charge in [0.05, 0.1) is 22.4 Å². The molecule has 92 valence electrons. The predicted octanol–water partition coefficient (Wildman–Crippen LogP) is 3.45. The van der Waals surface area contributed by atoms with Crippen molar-refractivity contribution in [2.45, 2.75) is 13.3 Å². The molecule has 0 fully saturated rings. The Morgan fingerprint density at radius 3 is 2.89 bits per heavy atom. The van der Waals surface area contributed by atoms with Crippen molar-refractivity contribution in [2.75, 3.05) is 5.73 Å². The first kappa shape index (κ1) is 11.3. The number of fused-ring (bicyclic) bond motifs is 1. The van der Waals surface area contributed by atoms with Crippen LogP contribution in [0.2, 0.25) is 0 Å². The van der Waals surface area contributed by atoms with Gasteiger partial charge in [0, 0.05) is 17.5 Å². The Kier molecular flexibility index (Phi) is 2.59. The minimum Gasteiger partial charge on any atom is -0.390 e. The number of benzene rings is 1. The van der Waals surface area contributed by atoms with Gasteiger partial charge in [-0.05, 0) is 30.2 Å². The van der Waals surface area contributed by atoms with Crippen molar-refractivity contribution in [2.24, 2.45) is 7.05 Å². The molecule has 2 aromatic heterocycles. The van der Waals surface area contributed by atoms with Gasteiger partial charge in [0.1, 0.15) is 0 Å². The van der Waals surface area contributed by atoms with E-state index >= 15 is 0 Å². The standard InChI is InChI=1S/C14H15N3S/c1-3-10-7-11(14(15)18-10)9-4-5-13-12(6-9)16-8-17(13)2/h4-8H,3,15H2,1-2H3. The lowest BCUT2D eigenvalue weighted by atomic mass is 10.1. The van der Waals surface area contributed by atoms with Crippen LogP contribution in [0.1, 0.15) is 11.8 Å². The summed E-state index contributed by atoms with van der Waals surface area (Å²) in [7, 11) is 2.00. The molecule has 0 saturated carbocycles. The Bertz CT molecular complexity index is 709. The fourth-order valence-corrected chi connectivity index (χ4v) is 3.05. The average Bonchev–Trinajstić information content (AvgIpc) is 2.93. The van der Waals surface area contributed by atoms with Crippen LogP contribution in [-0.2, 0) is 13.5 Å². The number of imidazole rings is 1. The number of nitrogens with zero attached hydrogens (tertiary/aromatic N) is 2. The highest BCUT2D eigenvalue weighted by atomic mass is 32.1. The Hall–Kier alpha value is -1.81. The van der Waals surface area contributed by atoms with Gasteiger partial charge in [0.25, 0.3) is 0 Å². The molecule has 0 bridgehead atoms. The van der Waals surface area contributed by atoms with E-state index in [1.165, 1.54) is 4.88 Å². The molecule has 0 saturated heterocycles. The van der Waals surface area contributed by atoms with Gasteiger partial charge < -0.3 is 10.3 Å². The largest absolute Gasteiger partial charge is 0.390 e. The Morgan fingerprint density at radius 1 is 1.33 bits per heavy atom. The molecular formula is C14H15N3S. The van der Waals surface area contributed by atoms with Crippen molar-refractivity contribution in [1.29, 1.82) is 0 Å². The van der Waals surface area contributed by atoms with Crippen LogP contribution < -0.4 is 5.73 Å². The van der Waals surface area contributed by atoms with Crippen molar-refractivity contribution >= 4 is 27.4 Å². The zero-order chi connectivity index (χ0) is 12.7. The molecule has 0 aliphatic carbocycles. The zero-order valence-corrected chi connectivity index (χ0v) is 11.3. The summed E-state index contributed by atoms with van der Waals surface area (Å²) in [5.41, 5.74) is 10.5. The molecule has 3 rings (SSSR count). The van der Waals surface area contributed by atoms with E-state index in [1.54, 1.807) is 11.3 Å². The average molecular weight is 257 g/mol. The van der Waals surface area contributed by atoms with Crippen molar-refractivity contribution in [3.05, 3.63) is 35.5 Å². The Balaban J connectivity index is 2.15. The van der Waals surface area contributed by atoms with Gasteiger partial charge in [-0.2, -0.15) is 0 Å². The summed E-state index contributed by atoms with van der Waals surface area (Å²) < 4.78 is 2.02. The van der Waals surface area contributed by atoms with Crippen molar-refractivity contribution in [1.82, 2.24) is 9.55 Å². The second-order valence-electron chi connectivity index (χ2n) is 4.40. The van der Waals surface area contributed by atoms with Gasteiger partial charge >= 0.3 is 0 Å². The van der Waals surface area contributed by atoms with Crippen molar-refractivity contribution < 1.29 is 0 Å². The third kappa shape index (κ3) is 1.69. The van der Waals surface area contributed by atoms with E-state index in [0.29, 0.717) is 0 Å². The SMILES string of the molecule is CCc1cc(-c2ccc3c(c2)ncn3C)c(N)s1. The molecule has 0 amide bonds.